The first kappa shape index (κ1) is 14.9. The molecule has 0 fully saturated rings. The van der Waals surface area contributed by atoms with E-state index in [4.69, 9.17) is 0 Å². The fraction of sp³-hybridized carbons (Fsp3) is 0.0588. The molecule has 0 saturated heterocycles. The molecule has 1 atom stereocenters. The van der Waals surface area contributed by atoms with Crippen LogP contribution in [0, 0.1) is 0 Å². The Morgan fingerprint density at radius 1 is 1.08 bits per heavy atom. The minimum atomic E-state index is -0.528. The largest absolute Gasteiger partial charge is 0.345 e. The van der Waals surface area contributed by atoms with Gasteiger partial charge in [0, 0.05) is 0 Å². The SMILES string of the molecule is O=C(N[C@@H](c1ccccc1)c1ccc2nc[nH]c2c1)c1n[nH]c(=O)[nH]1. The lowest BCUT2D eigenvalue weighted by molar-refractivity contribution is 0.0933. The van der Waals surface area contributed by atoms with Gasteiger partial charge in [-0.1, -0.05) is 36.4 Å². The van der Waals surface area contributed by atoms with E-state index in [0.29, 0.717) is 0 Å². The Balaban J connectivity index is 1.73. The van der Waals surface area contributed by atoms with Crippen LogP contribution in [0.2, 0.25) is 0 Å². The fourth-order valence-electron chi connectivity index (χ4n) is 2.71. The standard InChI is InChI=1S/C17H14N6O2/c24-16(15-21-17(25)23-22-15)20-14(10-4-2-1-3-5-10)11-6-7-12-13(8-11)19-9-18-12/h1-9,14H,(H,18,19)(H,20,24)(H2,21,22,23,25)/t14-/m0/s1. The number of aromatic nitrogens is 5. The number of imidazole rings is 1. The molecular weight excluding hydrogens is 320 g/mol. The summed E-state index contributed by atoms with van der Waals surface area (Å²) < 4.78 is 0. The number of rotatable bonds is 4. The Labute approximate surface area is 141 Å². The highest BCUT2D eigenvalue weighted by Crippen LogP contribution is 2.24. The van der Waals surface area contributed by atoms with E-state index in [0.717, 1.165) is 22.2 Å². The number of H-pyrrole nitrogens is 3. The maximum atomic E-state index is 12.4. The molecular formula is C17H14N6O2. The minimum absolute atomic E-state index is 0.0615. The van der Waals surface area contributed by atoms with E-state index in [2.05, 4.69) is 30.5 Å². The Bertz CT molecular complexity index is 1080. The van der Waals surface area contributed by atoms with Gasteiger partial charge in [0.15, 0.2) is 0 Å². The van der Waals surface area contributed by atoms with Gasteiger partial charge in [0.2, 0.25) is 5.82 Å². The van der Waals surface area contributed by atoms with E-state index < -0.39 is 17.6 Å². The highest BCUT2D eigenvalue weighted by atomic mass is 16.2. The highest BCUT2D eigenvalue weighted by Gasteiger charge is 2.20. The van der Waals surface area contributed by atoms with Crippen LogP contribution in [0.4, 0.5) is 0 Å². The first-order valence-corrected chi connectivity index (χ1v) is 7.64. The first-order valence-electron chi connectivity index (χ1n) is 7.64. The van der Waals surface area contributed by atoms with Gasteiger partial charge >= 0.3 is 5.69 Å². The summed E-state index contributed by atoms with van der Waals surface area (Å²) in [5.74, 6) is -0.537. The number of carbonyl (C=O) groups excluding carboxylic acids is 1. The van der Waals surface area contributed by atoms with Crippen molar-refractivity contribution in [3.63, 3.8) is 0 Å². The minimum Gasteiger partial charge on any atom is -0.345 e. The normalized spacial score (nSPS) is 12.2. The second-order valence-corrected chi connectivity index (χ2v) is 5.52. The van der Waals surface area contributed by atoms with Crippen molar-refractivity contribution in [1.82, 2.24) is 30.5 Å². The molecule has 0 bridgehead atoms. The van der Waals surface area contributed by atoms with E-state index in [1.807, 2.05) is 48.5 Å². The molecule has 8 nitrogen and oxygen atoms in total. The fourth-order valence-corrected chi connectivity index (χ4v) is 2.71. The van der Waals surface area contributed by atoms with Crippen molar-refractivity contribution in [2.24, 2.45) is 0 Å². The molecule has 0 saturated carbocycles. The molecule has 0 spiro atoms. The topological polar surface area (TPSA) is 119 Å². The molecule has 0 aliphatic heterocycles. The molecule has 25 heavy (non-hydrogen) atoms. The van der Waals surface area contributed by atoms with Crippen LogP contribution in [0.5, 0.6) is 0 Å². The third-order valence-electron chi connectivity index (χ3n) is 3.90. The van der Waals surface area contributed by atoms with E-state index in [1.165, 1.54) is 0 Å². The monoisotopic (exact) mass is 334 g/mol. The van der Waals surface area contributed by atoms with E-state index in [-0.39, 0.29) is 5.82 Å². The highest BCUT2D eigenvalue weighted by molar-refractivity contribution is 5.91. The van der Waals surface area contributed by atoms with Gasteiger partial charge in [0.05, 0.1) is 23.4 Å². The van der Waals surface area contributed by atoms with Crippen molar-refractivity contribution in [3.05, 3.63) is 82.3 Å². The maximum Gasteiger partial charge on any atom is 0.341 e. The maximum absolute atomic E-state index is 12.4. The molecule has 124 valence electrons. The van der Waals surface area contributed by atoms with Crippen LogP contribution < -0.4 is 11.0 Å². The number of hydrogen-bond donors (Lipinski definition) is 4. The van der Waals surface area contributed by atoms with Crippen molar-refractivity contribution < 1.29 is 4.79 Å². The van der Waals surface area contributed by atoms with Crippen molar-refractivity contribution in [2.45, 2.75) is 6.04 Å². The van der Waals surface area contributed by atoms with Gasteiger partial charge in [-0.2, -0.15) is 0 Å². The van der Waals surface area contributed by atoms with E-state index >= 15 is 0 Å². The lowest BCUT2D eigenvalue weighted by atomic mass is 9.98. The Morgan fingerprint density at radius 3 is 2.68 bits per heavy atom. The number of hydrogen-bond acceptors (Lipinski definition) is 4. The Kier molecular flexibility index (Phi) is 3.62. The van der Waals surface area contributed by atoms with Crippen LogP contribution in [-0.2, 0) is 0 Å². The van der Waals surface area contributed by atoms with Crippen LogP contribution in [0.15, 0.2) is 59.7 Å². The van der Waals surface area contributed by atoms with Gasteiger partial charge in [-0.05, 0) is 23.3 Å². The summed E-state index contributed by atoms with van der Waals surface area (Å²) in [5, 5.41) is 8.77. The van der Waals surface area contributed by atoms with Gasteiger partial charge in [-0.25, -0.2) is 14.9 Å². The molecule has 0 aliphatic rings. The molecule has 4 N–H and O–H groups in total. The number of benzene rings is 2. The molecule has 8 heteroatoms. The molecule has 4 rings (SSSR count). The molecule has 4 aromatic rings. The first-order chi connectivity index (χ1) is 12.2. The van der Waals surface area contributed by atoms with Crippen LogP contribution in [0.1, 0.15) is 27.8 Å². The van der Waals surface area contributed by atoms with Crippen LogP contribution in [0.3, 0.4) is 0 Å². The number of fused-ring (bicyclic) bond motifs is 1. The smallest absolute Gasteiger partial charge is 0.341 e. The average molecular weight is 334 g/mol. The Morgan fingerprint density at radius 2 is 1.92 bits per heavy atom. The van der Waals surface area contributed by atoms with Crippen LogP contribution in [-0.4, -0.2) is 31.1 Å². The average Bonchev–Trinajstić information content (AvgIpc) is 3.28. The van der Waals surface area contributed by atoms with Gasteiger partial charge in [0.1, 0.15) is 0 Å². The van der Waals surface area contributed by atoms with Crippen molar-refractivity contribution in [2.75, 3.05) is 0 Å². The van der Waals surface area contributed by atoms with Crippen LogP contribution >= 0.6 is 0 Å². The Hall–Kier alpha value is -3.68. The molecule has 2 aromatic heterocycles. The zero-order chi connectivity index (χ0) is 17.2. The van der Waals surface area contributed by atoms with Gasteiger partial charge in [-0.3, -0.25) is 9.78 Å². The summed E-state index contributed by atoms with van der Waals surface area (Å²) in [6, 6.07) is 14.9. The zero-order valence-electron chi connectivity index (χ0n) is 13.0. The van der Waals surface area contributed by atoms with Gasteiger partial charge in [0.25, 0.3) is 5.91 Å². The number of aromatic amines is 3. The number of nitrogens with zero attached hydrogens (tertiary/aromatic N) is 2. The van der Waals surface area contributed by atoms with Crippen molar-refractivity contribution >= 4 is 16.9 Å². The summed E-state index contributed by atoms with van der Waals surface area (Å²) in [5.41, 5.74) is 2.99. The molecule has 2 heterocycles. The third-order valence-corrected chi connectivity index (χ3v) is 3.90. The van der Waals surface area contributed by atoms with E-state index in [9.17, 15) is 9.59 Å². The summed E-state index contributed by atoms with van der Waals surface area (Å²) >= 11 is 0. The predicted molar refractivity (Wildman–Crippen MR) is 91.1 cm³/mol. The lowest BCUT2D eigenvalue weighted by Gasteiger charge is -2.19. The predicted octanol–water partition coefficient (Wildman–Crippen LogP) is 1.49. The summed E-state index contributed by atoms with van der Waals surface area (Å²) in [7, 11) is 0. The molecule has 0 radical (unpaired) electrons. The van der Waals surface area contributed by atoms with Gasteiger partial charge < -0.3 is 10.3 Å². The van der Waals surface area contributed by atoms with Crippen molar-refractivity contribution in [1.29, 1.82) is 0 Å². The zero-order valence-corrected chi connectivity index (χ0v) is 13.0. The lowest BCUT2D eigenvalue weighted by Crippen LogP contribution is -2.30. The summed E-state index contributed by atoms with van der Waals surface area (Å²) in [6.45, 7) is 0. The second kappa shape index (κ2) is 6.08. The van der Waals surface area contributed by atoms with E-state index in [1.54, 1.807) is 6.33 Å². The summed E-state index contributed by atoms with van der Waals surface area (Å²) in [4.78, 5) is 33.2. The molecule has 0 unspecified atom stereocenters. The van der Waals surface area contributed by atoms with Gasteiger partial charge in [-0.15, -0.1) is 5.10 Å². The molecule has 0 aliphatic carbocycles. The van der Waals surface area contributed by atoms with Crippen LogP contribution in [0.25, 0.3) is 11.0 Å². The quantitative estimate of drug-likeness (QED) is 0.452. The summed E-state index contributed by atoms with van der Waals surface area (Å²) in [6.07, 6.45) is 1.62. The number of amides is 1. The second-order valence-electron chi connectivity index (χ2n) is 5.52. The molecule has 1 amide bonds. The molecule has 2 aromatic carbocycles. The third kappa shape index (κ3) is 2.92. The number of carbonyl (C=O) groups is 1. The number of nitrogens with one attached hydrogen (secondary N) is 4. The van der Waals surface area contributed by atoms with Crippen molar-refractivity contribution in [3.8, 4) is 0 Å².